The van der Waals surface area contributed by atoms with Crippen molar-refractivity contribution >= 4 is 24.2 Å². The van der Waals surface area contributed by atoms with E-state index in [0.29, 0.717) is 24.8 Å². The molecular weight excluding hydrogens is 240 g/mol. The van der Waals surface area contributed by atoms with Crippen LogP contribution in [0.4, 0.5) is 10.5 Å². The maximum atomic E-state index is 11.2. The van der Waals surface area contributed by atoms with E-state index in [2.05, 4.69) is 5.32 Å². The van der Waals surface area contributed by atoms with E-state index >= 15 is 0 Å². The van der Waals surface area contributed by atoms with E-state index < -0.39 is 0 Å². The maximum absolute atomic E-state index is 11.2. The fourth-order valence-electron chi connectivity index (χ4n) is 1.10. The van der Waals surface area contributed by atoms with E-state index in [9.17, 15) is 4.79 Å². The van der Waals surface area contributed by atoms with E-state index in [0.717, 1.165) is 5.56 Å². The minimum absolute atomic E-state index is 0. The van der Waals surface area contributed by atoms with Gasteiger partial charge in [-0.25, -0.2) is 4.79 Å². The number of benzene rings is 1. The van der Waals surface area contributed by atoms with Crippen molar-refractivity contribution < 1.29 is 9.53 Å². The Morgan fingerprint density at radius 2 is 1.94 bits per heavy atom. The number of amides is 1. The summed E-state index contributed by atoms with van der Waals surface area (Å²) in [4.78, 5) is 11.2. The zero-order chi connectivity index (χ0) is 12.0. The number of carbonyl (C=O) groups excluding carboxylic acids is 1. The molecule has 17 heavy (non-hydrogen) atoms. The van der Waals surface area contributed by atoms with Crippen LogP contribution in [0.25, 0.3) is 0 Å². The molecule has 0 radical (unpaired) electrons. The van der Waals surface area contributed by atoms with Gasteiger partial charge in [0.1, 0.15) is 0 Å². The number of ether oxygens (including phenoxy) is 1. The molecular formula is C12H19ClN2O2. The third-order valence-electron chi connectivity index (χ3n) is 1.96. The topological polar surface area (TPSA) is 64.3 Å². The number of nitrogens with one attached hydrogen (secondary N) is 1. The van der Waals surface area contributed by atoms with Crippen LogP contribution < -0.4 is 11.1 Å². The third kappa shape index (κ3) is 6.68. The molecule has 1 rings (SSSR count). The minimum atomic E-state index is -0.384. The number of nitrogen functional groups attached to an aromatic ring is 1. The molecule has 0 atom stereocenters. The van der Waals surface area contributed by atoms with Crippen molar-refractivity contribution in [2.45, 2.75) is 20.4 Å². The van der Waals surface area contributed by atoms with Gasteiger partial charge < -0.3 is 15.8 Å². The Balaban J connectivity index is 0.00000256. The van der Waals surface area contributed by atoms with Gasteiger partial charge in [0.05, 0.1) is 6.61 Å². The van der Waals surface area contributed by atoms with Gasteiger partial charge in [-0.3, -0.25) is 0 Å². The van der Waals surface area contributed by atoms with Crippen LogP contribution in [0.15, 0.2) is 24.3 Å². The van der Waals surface area contributed by atoms with Crippen LogP contribution in [0.5, 0.6) is 0 Å². The van der Waals surface area contributed by atoms with Crippen LogP contribution in [0.1, 0.15) is 19.4 Å². The molecule has 0 aliphatic carbocycles. The van der Waals surface area contributed by atoms with Gasteiger partial charge in [0.25, 0.3) is 0 Å². The second-order valence-electron chi connectivity index (χ2n) is 4.09. The molecule has 4 nitrogen and oxygen atoms in total. The van der Waals surface area contributed by atoms with Crippen molar-refractivity contribution in [2.24, 2.45) is 5.92 Å². The van der Waals surface area contributed by atoms with Gasteiger partial charge in [0.15, 0.2) is 0 Å². The molecule has 3 N–H and O–H groups in total. The summed E-state index contributed by atoms with van der Waals surface area (Å²) in [6, 6.07) is 7.35. The first-order chi connectivity index (χ1) is 7.58. The smallest absolute Gasteiger partial charge is 0.407 e. The highest BCUT2D eigenvalue weighted by Crippen LogP contribution is 2.04. The Morgan fingerprint density at radius 1 is 1.35 bits per heavy atom. The molecule has 0 bridgehead atoms. The molecule has 0 heterocycles. The highest BCUT2D eigenvalue weighted by atomic mass is 35.5. The first-order valence-electron chi connectivity index (χ1n) is 5.33. The third-order valence-corrected chi connectivity index (χ3v) is 1.96. The quantitative estimate of drug-likeness (QED) is 0.816. The molecule has 0 aromatic heterocycles. The second-order valence-corrected chi connectivity index (χ2v) is 4.09. The van der Waals surface area contributed by atoms with Gasteiger partial charge in [-0.2, -0.15) is 0 Å². The van der Waals surface area contributed by atoms with E-state index in [1.807, 2.05) is 26.0 Å². The molecule has 1 aromatic carbocycles. The molecule has 96 valence electrons. The fourth-order valence-corrected chi connectivity index (χ4v) is 1.10. The number of hydrogen-bond acceptors (Lipinski definition) is 3. The Morgan fingerprint density at radius 3 is 2.47 bits per heavy atom. The maximum Gasteiger partial charge on any atom is 0.407 e. The number of alkyl carbamates (subject to hydrolysis) is 1. The SMILES string of the molecule is CC(C)COC(=O)NCc1ccc(N)cc1.Cl. The van der Waals surface area contributed by atoms with Crippen LogP contribution in [0.2, 0.25) is 0 Å². The minimum Gasteiger partial charge on any atom is -0.449 e. The number of halogens is 1. The number of rotatable bonds is 4. The van der Waals surface area contributed by atoms with E-state index in [1.54, 1.807) is 12.1 Å². The fraction of sp³-hybridized carbons (Fsp3) is 0.417. The summed E-state index contributed by atoms with van der Waals surface area (Å²) in [6.45, 7) is 4.88. The zero-order valence-corrected chi connectivity index (χ0v) is 10.9. The van der Waals surface area contributed by atoms with Gasteiger partial charge in [0, 0.05) is 12.2 Å². The largest absolute Gasteiger partial charge is 0.449 e. The summed E-state index contributed by atoms with van der Waals surface area (Å²) in [6.07, 6.45) is -0.384. The lowest BCUT2D eigenvalue weighted by Crippen LogP contribution is -2.25. The number of hydrogen-bond donors (Lipinski definition) is 2. The van der Waals surface area contributed by atoms with Crippen LogP contribution in [-0.4, -0.2) is 12.7 Å². The standard InChI is InChI=1S/C12H18N2O2.ClH/c1-9(2)8-16-12(15)14-7-10-3-5-11(13)6-4-10;/h3-6,9H,7-8,13H2,1-2H3,(H,14,15);1H. The van der Waals surface area contributed by atoms with Crippen LogP contribution >= 0.6 is 12.4 Å². The molecule has 0 unspecified atom stereocenters. The molecule has 0 saturated heterocycles. The molecule has 0 saturated carbocycles. The lowest BCUT2D eigenvalue weighted by molar-refractivity contribution is 0.132. The summed E-state index contributed by atoms with van der Waals surface area (Å²) in [7, 11) is 0. The van der Waals surface area contributed by atoms with Gasteiger partial charge in [-0.05, 0) is 23.6 Å². The van der Waals surface area contributed by atoms with E-state index in [4.69, 9.17) is 10.5 Å². The summed E-state index contributed by atoms with van der Waals surface area (Å²) >= 11 is 0. The Bertz CT molecular complexity index is 339. The van der Waals surface area contributed by atoms with Gasteiger partial charge in [-0.1, -0.05) is 26.0 Å². The number of nitrogens with two attached hydrogens (primary N) is 1. The lowest BCUT2D eigenvalue weighted by atomic mass is 10.2. The Hall–Kier alpha value is -1.42. The summed E-state index contributed by atoms with van der Waals surface area (Å²) in [5, 5.41) is 2.67. The van der Waals surface area contributed by atoms with Gasteiger partial charge in [-0.15, -0.1) is 12.4 Å². The molecule has 0 fully saturated rings. The van der Waals surface area contributed by atoms with Gasteiger partial charge in [0.2, 0.25) is 0 Å². The molecule has 0 aliphatic rings. The number of anilines is 1. The highest BCUT2D eigenvalue weighted by Gasteiger charge is 2.03. The van der Waals surface area contributed by atoms with Crippen molar-refractivity contribution in [3.8, 4) is 0 Å². The second kappa shape index (κ2) is 7.79. The van der Waals surface area contributed by atoms with Gasteiger partial charge >= 0.3 is 6.09 Å². The summed E-state index contributed by atoms with van der Waals surface area (Å²) < 4.78 is 4.97. The first-order valence-corrected chi connectivity index (χ1v) is 5.33. The molecule has 1 amide bonds. The monoisotopic (exact) mass is 258 g/mol. The summed E-state index contributed by atoms with van der Waals surface area (Å²) in [5.74, 6) is 0.349. The highest BCUT2D eigenvalue weighted by molar-refractivity contribution is 5.85. The van der Waals surface area contributed by atoms with Crippen molar-refractivity contribution in [2.75, 3.05) is 12.3 Å². The van der Waals surface area contributed by atoms with Crippen molar-refractivity contribution in [1.82, 2.24) is 5.32 Å². The Kier molecular flexibility index (Phi) is 7.14. The van der Waals surface area contributed by atoms with Crippen molar-refractivity contribution in [3.63, 3.8) is 0 Å². The average Bonchev–Trinajstić information content (AvgIpc) is 2.25. The van der Waals surface area contributed by atoms with Crippen LogP contribution in [0, 0.1) is 5.92 Å². The molecule has 5 heteroatoms. The van der Waals surface area contributed by atoms with Crippen molar-refractivity contribution in [3.05, 3.63) is 29.8 Å². The average molecular weight is 259 g/mol. The predicted octanol–water partition coefficient (Wildman–Crippen LogP) is 2.57. The first kappa shape index (κ1) is 15.6. The number of carbonyl (C=O) groups is 1. The summed E-state index contributed by atoms with van der Waals surface area (Å²) in [5.41, 5.74) is 7.26. The molecule has 1 aromatic rings. The normalized spacial score (nSPS) is 9.59. The van der Waals surface area contributed by atoms with Crippen molar-refractivity contribution in [1.29, 1.82) is 0 Å². The van der Waals surface area contributed by atoms with E-state index in [1.165, 1.54) is 0 Å². The molecule has 0 aliphatic heterocycles. The van der Waals surface area contributed by atoms with E-state index in [-0.39, 0.29) is 18.5 Å². The molecule has 0 spiro atoms. The predicted molar refractivity (Wildman–Crippen MR) is 71.1 cm³/mol. The lowest BCUT2D eigenvalue weighted by Gasteiger charge is -2.08. The Labute approximate surface area is 108 Å². The van der Waals surface area contributed by atoms with Crippen LogP contribution in [0.3, 0.4) is 0 Å². The zero-order valence-electron chi connectivity index (χ0n) is 10.1. The van der Waals surface area contributed by atoms with Crippen LogP contribution in [-0.2, 0) is 11.3 Å².